The molecule has 39 heavy (non-hydrogen) atoms. The fourth-order valence-corrected chi connectivity index (χ4v) is 5.32. The van der Waals surface area contributed by atoms with E-state index in [1.54, 1.807) is 30.3 Å². The third-order valence-electron chi connectivity index (χ3n) is 7.30. The fraction of sp³-hybridized carbons (Fsp3) is 0.250. The number of carbonyl (C=O) groups excluding carboxylic acids is 5. The van der Waals surface area contributed by atoms with Crippen molar-refractivity contribution in [3.05, 3.63) is 65.1 Å². The summed E-state index contributed by atoms with van der Waals surface area (Å²) in [4.78, 5) is 75.1. The maximum atomic E-state index is 13.6. The van der Waals surface area contributed by atoms with Crippen molar-refractivity contribution >= 4 is 46.6 Å². The van der Waals surface area contributed by atoms with Crippen LogP contribution in [0.15, 0.2) is 42.6 Å². The number of imide groups is 2. The molecule has 1 fully saturated rings. The van der Waals surface area contributed by atoms with Crippen LogP contribution in [0, 0.1) is 6.92 Å². The highest BCUT2D eigenvalue weighted by Gasteiger charge is 2.45. The molecule has 3 aliphatic heterocycles. The van der Waals surface area contributed by atoms with Crippen LogP contribution >= 0.6 is 0 Å². The van der Waals surface area contributed by atoms with Gasteiger partial charge < -0.3 is 10.2 Å². The molecule has 1 saturated heterocycles. The van der Waals surface area contributed by atoms with E-state index in [2.05, 4.69) is 15.6 Å². The Morgan fingerprint density at radius 2 is 1.79 bits per heavy atom. The topological polar surface area (TPSA) is 142 Å². The third-order valence-corrected chi connectivity index (χ3v) is 7.30. The van der Waals surface area contributed by atoms with Gasteiger partial charge >= 0.3 is 0 Å². The molecule has 0 aliphatic carbocycles. The molecule has 11 nitrogen and oxygen atoms in total. The van der Waals surface area contributed by atoms with E-state index in [4.69, 9.17) is 4.98 Å². The number of nitrogens with zero attached hydrogens (tertiary/aromatic N) is 4. The smallest absolute Gasteiger partial charge is 0.264 e. The second-order valence-corrected chi connectivity index (χ2v) is 9.79. The molecule has 0 saturated carbocycles. The van der Waals surface area contributed by atoms with Gasteiger partial charge in [0, 0.05) is 43.8 Å². The number of hydrogen-bond acceptors (Lipinski definition) is 8. The maximum Gasteiger partial charge on any atom is 0.264 e. The molecule has 6 rings (SSSR count). The van der Waals surface area contributed by atoms with Gasteiger partial charge in [-0.3, -0.25) is 39.2 Å². The van der Waals surface area contributed by atoms with Gasteiger partial charge in [-0.2, -0.15) is 0 Å². The Balaban J connectivity index is 1.44. The summed E-state index contributed by atoms with van der Waals surface area (Å²) in [6.45, 7) is 1.87. The monoisotopic (exact) mass is 524 g/mol. The summed E-state index contributed by atoms with van der Waals surface area (Å²) in [5, 5.41) is 5.50. The van der Waals surface area contributed by atoms with Crippen LogP contribution in [-0.2, 0) is 20.8 Å². The van der Waals surface area contributed by atoms with Gasteiger partial charge in [0.15, 0.2) is 0 Å². The number of aryl methyl sites for hydroxylation is 2. The zero-order chi connectivity index (χ0) is 27.4. The number of fused-ring (bicyclic) bond motifs is 2. The van der Waals surface area contributed by atoms with Crippen molar-refractivity contribution < 1.29 is 24.0 Å². The highest BCUT2D eigenvalue weighted by atomic mass is 16.2. The number of amides is 5. The molecular formula is C28H24N6O5. The predicted molar refractivity (Wildman–Crippen MR) is 140 cm³/mol. The molecule has 5 heterocycles. The Bertz CT molecular complexity index is 1620. The van der Waals surface area contributed by atoms with Crippen LogP contribution < -0.4 is 15.5 Å². The summed E-state index contributed by atoms with van der Waals surface area (Å²) < 4.78 is 0. The van der Waals surface area contributed by atoms with E-state index in [9.17, 15) is 24.0 Å². The average Bonchev–Trinajstić information content (AvgIpc) is 3.17. The van der Waals surface area contributed by atoms with Crippen LogP contribution in [-0.4, -0.2) is 57.5 Å². The zero-order valence-electron chi connectivity index (χ0n) is 21.3. The number of anilines is 3. The van der Waals surface area contributed by atoms with Crippen LogP contribution in [0.25, 0.3) is 11.3 Å². The Morgan fingerprint density at radius 3 is 2.56 bits per heavy atom. The van der Waals surface area contributed by atoms with Crippen LogP contribution in [0.4, 0.5) is 17.1 Å². The molecule has 5 amide bonds. The van der Waals surface area contributed by atoms with Gasteiger partial charge in [0.25, 0.3) is 11.8 Å². The third kappa shape index (κ3) is 4.02. The summed E-state index contributed by atoms with van der Waals surface area (Å²) >= 11 is 0. The van der Waals surface area contributed by atoms with E-state index in [-0.39, 0.29) is 29.9 Å². The first-order chi connectivity index (χ1) is 18.7. The van der Waals surface area contributed by atoms with Gasteiger partial charge in [-0.05, 0) is 43.7 Å². The van der Waals surface area contributed by atoms with Crippen LogP contribution in [0.1, 0.15) is 51.4 Å². The Labute approximate surface area is 223 Å². The van der Waals surface area contributed by atoms with Crippen LogP contribution in [0.2, 0.25) is 0 Å². The predicted octanol–water partition coefficient (Wildman–Crippen LogP) is 2.51. The highest BCUT2D eigenvalue weighted by molar-refractivity contribution is 6.25. The first-order valence-electron chi connectivity index (χ1n) is 12.6. The fourth-order valence-electron chi connectivity index (χ4n) is 5.32. The lowest BCUT2D eigenvalue weighted by Crippen LogP contribution is -2.54. The molecule has 3 aliphatic rings. The number of benzene rings is 1. The highest BCUT2D eigenvalue weighted by Crippen LogP contribution is 2.39. The second-order valence-electron chi connectivity index (χ2n) is 9.79. The molecule has 11 heteroatoms. The maximum absolute atomic E-state index is 13.6. The molecule has 2 aromatic heterocycles. The summed E-state index contributed by atoms with van der Waals surface area (Å²) in [7, 11) is 1.70. The zero-order valence-corrected chi connectivity index (χ0v) is 21.3. The summed E-state index contributed by atoms with van der Waals surface area (Å²) in [6, 6.07) is 9.35. The number of nitrogens with one attached hydrogen (secondary N) is 2. The van der Waals surface area contributed by atoms with Gasteiger partial charge in [0.1, 0.15) is 6.04 Å². The van der Waals surface area contributed by atoms with E-state index in [1.165, 1.54) is 6.07 Å². The van der Waals surface area contributed by atoms with Crippen molar-refractivity contribution in [3.63, 3.8) is 0 Å². The van der Waals surface area contributed by atoms with Crippen molar-refractivity contribution in [1.29, 1.82) is 0 Å². The van der Waals surface area contributed by atoms with Crippen LogP contribution in [0.3, 0.4) is 0 Å². The number of piperidine rings is 1. The van der Waals surface area contributed by atoms with Gasteiger partial charge in [-0.15, -0.1) is 0 Å². The summed E-state index contributed by atoms with van der Waals surface area (Å²) in [5.74, 6) is -2.34. The first kappa shape index (κ1) is 24.4. The molecule has 2 N–H and O–H groups in total. The molecule has 0 unspecified atom stereocenters. The number of rotatable bonds is 4. The first-order valence-corrected chi connectivity index (χ1v) is 12.6. The minimum atomic E-state index is -1.07. The lowest BCUT2D eigenvalue weighted by molar-refractivity contribution is -0.136. The van der Waals surface area contributed by atoms with Gasteiger partial charge in [0.2, 0.25) is 17.7 Å². The molecule has 196 valence electrons. The molecule has 1 aromatic carbocycles. The lowest BCUT2D eigenvalue weighted by Gasteiger charge is -2.28. The molecule has 1 atom stereocenters. The number of hydrogen-bond donors (Lipinski definition) is 2. The summed E-state index contributed by atoms with van der Waals surface area (Å²) in [6.07, 6.45) is 2.66. The van der Waals surface area contributed by atoms with E-state index >= 15 is 0 Å². The van der Waals surface area contributed by atoms with Crippen molar-refractivity contribution in [2.75, 3.05) is 17.3 Å². The molecule has 0 spiro atoms. The number of pyridine rings is 2. The van der Waals surface area contributed by atoms with E-state index in [0.29, 0.717) is 35.6 Å². The minimum absolute atomic E-state index is 0.0241. The largest absolute Gasteiger partial charge is 0.353 e. The van der Waals surface area contributed by atoms with Crippen LogP contribution in [0.5, 0.6) is 0 Å². The quantitative estimate of drug-likeness (QED) is 0.496. The SMILES string of the molecule is Cc1cc(-c2nc3c(cc2Nc2cccc4c2C(=O)N([C@H]2CCC(=O)NC2=O)C4=O)N(C)C(=O)CC3)ccn1. The standard InChI is InChI=1S/C28H24N6O5/c1-14-12-15(10-11-29-14)25-19(13-21-17(31-25)6-9-23(36)33(21)2)30-18-5-3-4-16-24(18)28(39)34(27(16)38)20-7-8-22(35)32-26(20)37/h3-5,10-13,20,30H,6-9H2,1-2H3,(H,32,35,37)/t20-/m0/s1. The van der Waals surface area contributed by atoms with Gasteiger partial charge in [-0.1, -0.05) is 6.07 Å². The average molecular weight is 525 g/mol. The molecule has 0 bridgehead atoms. The van der Waals surface area contributed by atoms with Crippen molar-refractivity contribution in [1.82, 2.24) is 20.2 Å². The van der Waals surface area contributed by atoms with Crippen molar-refractivity contribution in [3.8, 4) is 11.3 Å². The molecule has 3 aromatic rings. The second kappa shape index (κ2) is 9.12. The molecular weight excluding hydrogens is 500 g/mol. The Morgan fingerprint density at radius 1 is 0.974 bits per heavy atom. The molecule has 0 radical (unpaired) electrons. The normalized spacial score (nSPS) is 18.7. The minimum Gasteiger partial charge on any atom is -0.353 e. The van der Waals surface area contributed by atoms with E-state index in [0.717, 1.165) is 21.9 Å². The van der Waals surface area contributed by atoms with E-state index in [1.807, 2.05) is 25.1 Å². The number of carbonyl (C=O) groups is 5. The summed E-state index contributed by atoms with van der Waals surface area (Å²) in [5.41, 5.74) is 4.83. The Kier molecular flexibility index (Phi) is 5.71. The van der Waals surface area contributed by atoms with Crippen molar-refractivity contribution in [2.45, 2.75) is 38.6 Å². The Hall–Kier alpha value is -4.93. The van der Waals surface area contributed by atoms with Crippen molar-refractivity contribution in [2.24, 2.45) is 0 Å². The lowest BCUT2D eigenvalue weighted by atomic mass is 10.0. The van der Waals surface area contributed by atoms with Gasteiger partial charge in [0.05, 0.1) is 39.6 Å². The number of aromatic nitrogens is 2. The van der Waals surface area contributed by atoms with E-state index < -0.39 is 29.7 Å². The van der Waals surface area contributed by atoms with Gasteiger partial charge in [-0.25, -0.2) is 4.98 Å².